The summed E-state index contributed by atoms with van der Waals surface area (Å²) >= 11 is 0. The molecule has 0 radical (unpaired) electrons. The first-order valence-corrected chi connectivity index (χ1v) is 15.4. The quantitative estimate of drug-likeness (QED) is 0.0938. The second-order valence-corrected chi connectivity index (χ2v) is 10.7. The van der Waals surface area contributed by atoms with Crippen molar-refractivity contribution < 1.29 is 39.1 Å². The number of carboxylic acid groups (broad SMARTS) is 2. The van der Waals surface area contributed by atoms with Gasteiger partial charge in [-0.05, 0) is 35.4 Å². The Hall–Kier alpha value is -6.26. The molecule has 16 nitrogen and oxygen atoms in total. The van der Waals surface area contributed by atoms with E-state index < -0.39 is 46.0 Å². The van der Waals surface area contributed by atoms with Crippen LogP contribution in [0.2, 0.25) is 0 Å². The molecule has 0 aliphatic carbocycles. The molecule has 2 heterocycles. The number of nitrogens with one attached hydrogen (secondary N) is 2. The lowest BCUT2D eigenvalue weighted by molar-refractivity contribution is 0.0631. The molecule has 0 aliphatic heterocycles. The van der Waals surface area contributed by atoms with Gasteiger partial charge < -0.3 is 36.3 Å². The van der Waals surface area contributed by atoms with Crippen LogP contribution in [0.15, 0.2) is 94.5 Å². The Morgan fingerprint density at radius 3 is 1.38 bits per heavy atom. The Balaban J connectivity index is 1.37. The molecule has 2 aromatic carbocycles. The zero-order chi connectivity index (χ0) is 36.0. The van der Waals surface area contributed by atoms with Gasteiger partial charge in [0.1, 0.15) is 35.7 Å². The zero-order valence-electron chi connectivity index (χ0n) is 26.8. The monoisotopic (exact) mass is 688 g/mol. The number of aromatic nitrogens is 2. The molecule has 0 aliphatic rings. The van der Waals surface area contributed by atoms with Gasteiger partial charge in [-0.3, -0.25) is 24.1 Å². The van der Waals surface area contributed by atoms with E-state index in [-0.39, 0.29) is 57.3 Å². The fraction of sp³-hybridized carbons (Fsp3) is 0.235. The fourth-order valence-electron chi connectivity index (χ4n) is 4.74. The number of carbonyl (C=O) groups excluding carboxylic acids is 2. The van der Waals surface area contributed by atoms with Gasteiger partial charge in [0.15, 0.2) is 0 Å². The Kier molecular flexibility index (Phi) is 13.0. The molecule has 2 amide bonds. The van der Waals surface area contributed by atoms with Crippen LogP contribution in [0.25, 0.3) is 0 Å². The van der Waals surface area contributed by atoms with Crippen LogP contribution in [0.4, 0.5) is 0 Å². The molecule has 16 heteroatoms. The van der Waals surface area contributed by atoms with Gasteiger partial charge >= 0.3 is 11.9 Å². The summed E-state index contributed by atoms with van der Waals surface area (Å²) in [6.45, 7) is 1.18. The van der Waals surface area contributed by atoms with Gasteiger partial charge in [-0.15, -0.1) is 9.46 Å². The summed E-state index contributed by atoms with van der Waals surface area (Å²) in [4.78, 5) is 88.0. The number of carboxylic acids is 2. The second kappa shape index (κ2) is 17.8. The minimum atomic E-state index is -1.47. The van der Waals surface area contributed by atoms with Crippen LogP contribution in [0.3, 0.4) is 0 Å². The largest absolute Gasteiger partial charge is 0.477 e. The number of hydrogen-bond donors (Lipinski definition) is 5. The van der Waals surface area contributed by atoms with Gasteiger partial charge in [0.2, 0.25) is 0 Å². The predicted molar refractivity (Wildman–Crippen MR) is 179 cm³/mol. The van der Waals surface area contributed by atoms with Crippen molar-refractivity contribution in [1.82, 2.24) is 25.0 Å². The van der Waals surface area contributed by atoms with Crippen molar-refractivity contribution in [1.29, 1.82) is 0 Å². The van der Waals surface area contributed by atoms with Crippen molar-refractivity contribution in [3.63, 3.8) is 0 Å². The maximum absolute atomic E-state index is 13.1. The Labute approximate surface area is 285 Å². The van der Waals surface area contributed by atoms with E-state index in [1.807, 2.05) is 4.90 Å². The highest BCUT2D eigenvalue weighted by atomic mass is 16.7. The lowest BCUT2D eigenvalue weighted by Crippen LogP contribution is -2.43. The summed E-state index contributed by atoms with van der Waals surface area (Å²) in [5.41, 5.74) is 3.60. The van der Waals surface area contributed by atoms with Gasteiger partial charge in [0, 0.05) is 39.3 Å². The van der Waals surface area contributed by atoms with E-state index in [4.69, 9.17) is 15.4 Å². The van der Waals surface area contributed by atoms with Crippen LogP contribution >= 0.6 is 0 Å². The molecule has 50 heavy (non-hydrogen) atoms. The number of aromatic carboxylic acids is 2. The first-order chi connectivity index (χ1) is 24.1. The third-order valence-electron chi connectivity index (χ3n) is 7.29. The Morgan fingerprint density at radius 1 is 0.620 bits per heavy atom. The van der Waals surface area contributed by atoms with Crippen molar-refractivity contribution in [2.45, 2.75) is 13.2 Å². The van der Waals surface area contributed by atoms with Crippen LogP contribution in [-0.4, -0.2) is 87.6 Å². The highest BCUT2D eigenvalue weighted by Crippen LogP contribution is 2.05. The highest BCUT2D eigenvalue weighted by molar-refractivity contribution is 5.94. The van der Waals surface area contributed by atoms with Crippen LogP contribution in [-0.2, 0) is 13.2 Å². The number of pyridine rings is 2. The summed E-state index contributed by atoms with van der Waals surface area (Å²) in [6, 6.07) is 22.1. The van der Waals surface area contributed by atoms with Crippen LogP contribution in [0.1, 0.15) is 52.8 Å². The van der Waals surface area contributed by atoms with E-state index in [0.29, 0.717) is 27.1 Å². The van der Waals surface area contributed by atoms with Gasteiger partial charge in [0.25, 0.3) is 22.9 Å². The molecular formula is C34H36N6O10. The van der Waals surface area contributed by atoms with Crippen molar-refractivity contribution in [2.24, 2.45) is 5.73 Å². The number of rotatable bonds is 18. The topological polar surface area (TPSA) is 225 Å². The third kappa shape index (κ3) is 9.65. The number of hydrogen-bond acceptors (Lipinski definition) is 10. The van der Waals surface area contributed by atoms with Crippen LogP contribution in [0.5, 0.6) is 0 Å². The van der Waals surface area contributed by atoms with Crippen molar-refractivity contribution in [3.05, 3.63) is 139 Å². The van der Waals surface area contributed by atoms with E-state index in [1.54, 1.807) is 60.7 Å². The highest BCUT2D eigenvalue weighted by Gasteiger charge is 2.21. The fourth-order valence-corrected chi connectivity index (χ4v) is 4.74. The molecule has 262 valence electrons. The van der Waals surface area contributed by atoms with Crippen molar-refractivity contribution in [2.75, 3.05) is 39.3 Å². The van der Waals surface area contributed by atoms with E-state index in [2.05, 4.69) is 10.6 Å². The second-order valence-electron chi connectivity index (χ2n) is 10.7. The molecule has 4 rings (SSSR count). The molecule has 2 aromatic heterocycles. The molecule has 0 bridgehead atoms. The third-order valence-corrected chi connectivity index (χ3v) is 7.29. The van der Waals surface area contributed by atoms with Gasteiger partial charge in [-0.25, -0.2) is 9.59 Å². The molecule has 6 N–H and O–H groups in total. The molecule has 0 unspecified atom stereocenters. The van der Waals surface area contributed by atoms with Crippen LogP contribution < -0.4 is 37.2 Å². The number of amides is 2. The molecule has 0 fully saturated rings. The Morgan fingerprint density at radius 2 is 1.02 bits per heavy atom. The average molecular weight is 689 g/mol. The summed E-state index contributed by atoms with van der Waals surface area (Å²) in [5, 5.41) is 24.2. The number of nitrogens with two attached hydrogens (primary N) is 1. The number of carbonyl (C=O) groups is 4. The molecule has 4 aromatic rings. The lowest BCUT2D eigenvalue weighted by atomic mass is 10.2. The van der Waals surface area contributed by atoms with E-state index in [0.717, 1.165) is 12.1 Å². The normalized spacial score (nSPS) is 10.8. The summed E-state index contributed by atoms with van der Waals surface area (Å²) in [5.74, 6) is -4.31. The van der Waals surface area contributed by atoms with Gasteiger partial charge in [0.05, 0.1) is 0 Å². The minimum Gasteiger partial charge on any atom is -0.477 e. The maximum atomic E-state index is 13.1. The van der Waals surface area contributed by atoms with Crippen LogP contribution in [0, 0.1) is 0 Å². The molecule has 0 atom stereocenters. The first kappa shape index (κ1) is 36.6. The van der Waals surface area contributed by atoms with E-state index in [9.17, 15) is 39.0 Å². The molecule has 0 saturated heterocycles. The predicted octanol–water partition coefficient (Wildman–Crippen LogP) is 0.0845. The number of nitrogens with zero attached hydrogens (tertiary/aromatic N) is 3. The van der Waals surface area contributed by atoms with E-state index >= 15 is 0 Å². The van der Waals surface area contributed by atoms with Gasteiger partial charge in [-0.1, -0.05) is 60.7 Å². The Bertz CT molecular complexity index is 1790. The van der Waals surface area contributed by atoms with Gasteiger partial charge in [-0.2, -0.15) is 0 Å². The standard InChI is InChI=1S/C34H36N6O10/c35-15-18-38(19-16-36-29(41)27-13-11-25(33(45)46)31(43)39(27)49-21-23-7-3-1-4-8-23)20-17-37-30(42)28-14-12-26(34(47)48)32(44)40(28)50-22-24-9-5-2-6-10-24/h1-14H,15-22,35H2,(H,36,41)(H,37,42)(H,45,46)(H,47,48). The number of benzene rings is 2. The zero-order valence-corrected chi connectivity index (χ0v) is 26.8. The molecule has 0 saturated carbocycles. The summed E-state index contributed by atoms with van der Waals surface area (Å²) < 4.78 is 1.32. The first-order valence-electron chi connectivity index (χ1n) is 15.4. The van der Waals surface area contributed by atoms with Crippen molar-refractivity contribution >= 4 is 23.8 Å². The van der Waals surface area contributed by atoms with Crippen molar-refractivity contribution in [3.8, 4) is 0 Å². The summed E-state index contributed by atoms with van der Waals surface area (Å²) in [6.07, 6.45) is 0. The minimum absolute atomic E-state index is 0.0872. The van der Waals surface area contributed by atoms with E-state index in [1.165, 1.54) is 12.1 Å². The lowest BCUT2D eigenvalue weighted by Gasteiger charge is -2.22. The average Bonchev–Trinajstić information content (AvgIpc) is 3.10. The SMILES string of the molecule is NCCN(CCNC(=O)c1ccc(C(=O)O)c(=O)n1OCc1ccccc1)CCNC(=O)c1ccc(C(=O)O)c(=O)n1OCc1ccccc1. The molecule has 0 spiro atoms. The maximum Gasteiger partial charge on any atom is 0.341 e. The molecular weight excluding hydrogens is 652 g/mol. The smallest absolute Gasteiger partial charge is 0.341 e. The summed E-state index contributed by atoms with van der Waals surface area (Å²) in [7, 11) is 0.